The minimum absolute atomic E-state index is 0.205. The van der Waals surface area contributed by atoms with Crippen LogP contribution < -0.4 is 20.0 Å². The molecule has 0 aliphatic carbocycles. The third-order valence-corrected chi connectivity index (χ3v) is 7.91. The van der Waals surface area contributed by atoms with Gasteiger partial charge in [-0.25, -0.2) is 40.0 Å². The van der Waals surface area contributed by atoms with E-state index in [1.54, 1.807) is 44.8 Å². The zero-order valence-corrected chi connectivity index (χ0v) is 30.4. The van der Waals surface area contributed by atoms with Crippen molar-refractivity contribution in [3.8, 4) is 0 Å². The standard InChI is InChI=1S/2C8H6N4S6.Mo.2O/c2*13-7(14)11(5-9-1-3-17-5)12(8(15)16)6-10-2-4-18-6;;;/h2*1-4H,(H,13,14)(H,15,16);;;/q;;+2;;/p-2. The number of thiazole rings is 4. The molecule has 0 atom stereocenters. The van der Waals surface area contributed by atoms with Gasteiger partial charge in [-0.1, -0.05) is 24.4 Å². The van der Waals surface area contributed by atoms with Gasteiger partial charge in [-0.3, -0.25) is 0 Å². The summed E-state index contributed by atoms with van der Waals surface area (Å²) in [7, 11) is 0. The van der Waals surface area contributed by atoms with Gasteiger partial charge in [0.25, 0.3) is 0 Å². The Morgan fingerprint density at radius 2 is 0.846 bits per heavy atom. The van der Waals surface area contributed by atoms with Crippen LogP contribution >= 0.6 is 119 Å². The number of rotatable bonds is 4. The van der Waals surface area contributed by atoms with Crippen LogP contribution in [0.1, 0.15) is 0 Å². The number of aromatic nitrogens is 4. The summed E-state index contributed by atoms with van der Waals surface area (Å²) in [4.78, 5) is 16.7. The maximum absolute atomic E-state index is 8.50. The van der Waals surface area contributed by atoms with E-state index in [1.807, 2.05) is 21.5 Å². The van der Waals surface area contributed by atoms with E-state index >= 15 is 0 Å². The van der Waals surface area contributed by atoms with Crippen molar-refractivity contribution in [2.45, 2.75) is 0 Å². The van der Waals surface area contributed by atoms with Gasteiger partial charge in [0.15, 0.2) is 8.64 Å². The molecule has 39 heavy (non-hydrogen) atoms. The fourth-order valence-corrected chi connectivity index (χ4v) is 6.69. The fraction of sp³-hybridized carbons (Fsp3) is 0. The average Bonchev–Trinajstić information content (AvgIpc) is 3.70. The second-order valence-electron chi connectivity index (χ2n) is 5.67. The molecule has 0 aliphatic rings. The summed E-state index contributed by atoms with van der Waals surface area (Å²) in [6, 6.07) is 0. The van der Waals surface area contributed by atoms with Crippen molar-refractivity contribution in [3.63, 3.8) is 0 Å². The molecule has 4 rings (SSSR count). The summed E-state index contributed by atoms with van der Waals surface area (Å²) in [5.74, 6) is 0. The first-order valence-electron chi connectivity index (χ1n) is 9.21. The van der Waals surface area contributed by atoms with Crippen molar-refractivity contribution in [3.05, 3.63) is 46.3 Å². The number of hydrogen-bond acceptors (Lipinski definition) is 16. The summed E-state index contributed by atoms with van der Waals surface area (Å²) in [5.41, 5.74) is 0. The molecule has 0 amide bonds. The van der Waals surface area contributed by atoms with Gasteiger partial charge in [-0.05, 0) is 8.64 Å². The molecule has 0 radical (unpaired) electrons. The first-order valence-corrected chi connectivity index (χ1v) is 17.7. The summed E-state index contributed by atoms with van der Waals surface area (Å²) in [6.45, 7) is 0. The van der Waals surface area contributed by atoms with E-state index in [1.165, 1.54) is 45.3 Å². The van der Waals surface area contributed by atoms with E-state index in [0.717, 1.165) is 0 Å². The number of hydrazine groups is 2. The maximum atomic E-state index is 8.50. The molecular formula is C16H10MoN8O2S12. The van der Waals surface area contributed by atoms with Gasteiger partial charge in [0.05, 0.1) is 0 Å². The molecule has 0 bridgehead atoms. The first-order chi connectivity index (χ1) is 18.6. The topological polar surface area (TPSA) is 98.7 Å². The molecule has 0 saturated carbocycles. The number of thiol groups is 2. The van der Waals surface area contributed by atoms with Crippen LogP contribution in [0.4, 0.5) is 20.5 Å². The molecule has 0 fully saturated rings. The second-order valence-corrected chi connectivity index (χ2v) is 13.8. The third-order valence-electron chi connectivity index (χ3n) is 3.51. The first kappa shape index (κ1) is 34.7. The molecule has 4 aromatic heterocycles. The normalized spacial score (nSPS) is 9.49. The number of nitrogens with zero attached hydrogens (tertiary/aromatic N) is 8. The van der Waals surface area contributed by atoms with Crippen LogP contribution in [0, 0.1) is 0 Å². The minimum atomic E-state index is -2.03. The molecule has 4 aromatic rings. The van der Waals surface area contributed by atoms with Crippen molar-refractivity contribution < 1.29 is 25.3 Å². The monoisotopic (exact) mass is 828 g/mol. The zero-order chi connectivity index (χ0) is 28.9. The molecule has 0 aliphatic heterocycles. The molecule has 23 heteroatoms. The Hall–Kier alpha value is -0.492. The molecule has 0 spiro atoms. The second kappa shape index (κ2) is 18.1. The van der Waals surface area contributed by atoms with E-state index in [-0.39, 0.29) is 8.64 Å². The van der Waals surface area contributed by atoms with Gasteiger partial charge in [-0.15, -0.1) is 70.6 Å². The summed E-state index contributed by atoms with van der Waals surface area (Å²) in [5, 5.41) is 16.1. The van der Waals surface area contributed by atoms with Gasteiger partial charge >= 0.3 is 25.3 Å². The van der Waals surface area contributed by atoms with Gasteiger partial charge in [0.2, 0.25) is 20.5 Å². The Morgan fingerprint density at radius 3 is 1.00 bits per heavy atom. The Bertz CT molecular complexity index is 1180. The van der Waals surface area contributed by atoms with Gasteiger partial charge < -0.3 is 49.7 Å². The van der Waals surface area contributed by atoms with Crippen LogP contribution in [0.3, 0.4) is 0 Å². The van der Waals surface area contributed by atoms with Gasteiger partial charge in [0, 0.05) is 46.3 Å². The Morgan fingerprint density at radius 1 is 0.615 bits per heavy atom. The van der Waals surface area contributed by atoms with E-state index in [9.17, 15) is 0 Å². The van der Waals surface area contributed by atoms with Crippen LogP contribution in [0.2, 0.25) is 0 Å². The summed E-state index contributed by atoms with van der Waals surface area (Å²) in [6.07, 6.45) is 6.68. The third kappa shape index (κ3) is 10.4. The summed E-state index contributed by atoms with van der Waals surface area (Å²) >= 11 is 42.6. The van der Waals surface area contributed by atoms with Crippen molar-refractivity contribution >= 4 is 183 Å². The SMILES string of the molecule is S=C([S-])N(c1nccs1)N(C(=S)S)c1nccs1.S=C([S-])N(c1nccs1)N(C(=S)S)c1nccs1.[O]=[Mo+2]=[O]. The van der Waals surface area contributed by atoms with Crippen LogP contribution in [0.25, 0.3) is 0 Å². The molecule has 204 valence electrons. The van der Waals surface area contributed by atoms with Crippen molar-refractivity contribution in [2.75, 3.05) is 20.0 Å². The number of thiocarbonyl (C=S) groups is 4. The van der Waals surface area contributed by atoms with E-state index < -0.39 is 18.5 Å². The quantitative estimate of drug-likeness (QED) is 0.0890. The average molecular weight is 827 g/mol. The molecule has 10 nitrogen and oxygen atoms in total. The van der Waals surface area contributed by atoms with Crippen LogP contribution in [-0.2, 0) is 50.5 Å². The summed E-state index contributed by atoms with van der Waals surface area (Å²) < 4.78 is 18.0. The molecule has 0 N–H and O–H groups in total. The number of anilines is 4. The number of hydrogen-bond donors (Lipinski definition) is 2. The Labute approximate surface area is 290 Å². The zero-order valence-electron chi connectivity index (χ0n) is 18.4. The molecule has 0 saturated heterocycles. The fourth-order valence-electron chi connectivity index (χ4n) is 2.28. The molecular weight excluding hydrogens is 817 g/mol. The van der Waals surface area contributed by atoms with Crippen molar-refractivity contribution in [1.29, 1.82) is 0 Å². The van der Waals surface area contributed by atoms with Crippen LogP contribution in [0.5, 0.6) is 0 Å². The van der Waals surface area contributed by atoms with Crippen LogP contribution in [-0.4, -0.2) is 37.2 Å². The molecule has 4 heterocycles. The Kier molecular flexibility index (Phi) is 16.1. The van der Waals surface area contributed by atoms with E-state index in [0.29, 0.717) is 29.2 Å². The molecule has 0 unspecified atom stereocenters. The molecule has 0 aromatic carbocycles. The predicted molar refractivity (Wildman–Crippen MR) is 183 cm³/mol. The van der Waals surface area contributed by atoms with Crippen molar-refractivity contribution in [1.82, 2.24) is 19.9 Å². The predicted octanol–water partition coefficient (Wildman–Crippen LogP) is 5.51. The van der Waals surface area contributed by atoms with Gasteiger partial charge in [-0.2, -0.15) is 0 Å². The van der Waals surface area contributed by atoms with Gasteiger partial charge in [0.1, 0.15) is 0 Å². The van der Waals surface area contributed by atoms with Crippen molar-refractivity contribution in [2.24, 2.45) is 0 Å². The Balaban J connectivity index is 0.000000249. The van der Waals surface area contributed by atoms with Crippen LogP contribution in [0.15, 0.2) is 46.3 Å². The van der Waals surface area contributed by atoms with E-state index in [2.05, 4.69) is 45.2 Å². The van der Waals surface area contributed by atoms with E-state index in [4.69, 9.17) is 80.9 Å².